The van der Waals surface area contributed by atoms with Gasteiger partial charge in [-0.1, -0.05) is 12.5 Å². The van der Waals surface area contributed by atoms with Crippen LogP contribution >= 0.6 is 0 Å². The fraction of sp³-hybridized carbons (Fsp3) is 0.611. The summed E-state index contributed by atoms with van der Waals surface area (Å²) in [4.78, 5) is 33.2. The van der Waals surface area contributed by atoms with E-state index in [4.69, 9.17) is 0 Å². The molecule has 0 bridgehead atoms. The van der Waals surface area contributed by atoms with Gasteiger partial charge >= 0.3 is 0 Å². The molecule has 0 spiro atoms. The van der Waals surface area contributed by atoms with Crippen molar-refractivity contribution in [3.05, 3.63) is 30.1 Å². The van der Waals surface area contributed by atoms with E-state index in [1.54, 1.807) is 6.20 Å². The molecule has 0 radical (unpaired) electrons. The van der Waals surface area contributed by atoms with Crippen molar-refractivity contribution in [2.75, 3.05) is 13.1 Å². The molecule has 3 aliphatic heterocycles. The Labute approximate surface area is 136 Å². The average Bonchev–Trinajstić information content (AvgIpc) is 2.86. The van der Waals surface area contributed by atoms with Crippen LogP contribution < -0.4 is 0 Å². The van der Waals surface area contributed by atoms with Gasteiger partial charge in [-0.05, 0) is 37.3 Å². The van der Waals surface area contributed by atoms with Gasteiger partial charge in [0, 0.05) is 43.9 Å². The maximum absolute atomic E-state index is 12.8. The lowest BCUT2D eigenvalue weighted by Gasteiger charge is -2.42. The summed E-state index contributed by atoms with van der Waals surface area (Å²) in [7, 11) is 0. The second-order valence-corrected chi connectivity index (χ2v) is 7.02. The highest BCUT2D eigenvalue weighted by Gasteiger charge is 2.45. The van der Waals surface area contributed by atoms with Crippen LogP contribution in [0.1, 0.15) is 50.0 Å². The third-order valence-corrected chi connectivity index (χ3v) is 5.60. The number of likely N-dealkylation sites (tertiary alicyclic amines) is 1. The molecule has 23 heavy (non-hydrogen) atoms. The number of carbonyl (C=O) groups excluding carboxylic acids is 2. The molecule has 5 heteroatoms. The molecular weight excluding hydrogens is 290 g/mol. The van der Waals surface area contributed by atoms with Crippen LogP contribution in [0.5, 0.6) is 0 Å². The molecule has 2 amide bonds. The van der Waals surface area contributed by atoms with Crippen molar-refractivity contribution in [1.29, 1.82) is 0 Å². The van der Waals surface area contributed by atoms with Crippen molar-refractivity contribution >= 4 is 11.8 Å². The molecule has 1 aromatic heterocycles. The molecule has 3 aliphatic rings. The summed E-state index contributed by atoms with van der Waals surface area (Å²) in [5.41, 5.74) is 1.20. The van der Waals surface area contributed by atoms with Crippen LogP contribution in [0.3, 0.4) is 0 Å². The van der Waals surface area contributed by atoms with Crippen LogP contribution in [0.15, 0.2) is 24.5 Å². The smallest absolute Gasteiger partial charge is 0.245 e. The van der Waals surface area contributed by atoms with Crippen LogP contribution in [0.4, 0.5) is 0 Å². The van der Waals surface area contributed by atoms with E-state index in [-0.39, 0.29) is 17.9 Å². The van der Waals surface area contributed by atoms with E-state index in [9.17, 15) is 9.59 Å². The maximum atomic E-state index is 12.8. The summed E-state index contributed by atoms with van der Waals surface area (Å²) in [6, 6.07) is 4.11. The Morgan fingerprint density at radius 1 is 1.17 bits per heavy atom. The highest BCUT2D eigenvalue weighted by Crippen LogP contribution is 2.35. The summed E-state index contributed by atoms with van der Waals surface area (Å²) < 4.78 is 0. The minimum atomic E-state index is -0.208. The van der Waals surface area contributed by atoms with Crippen LogP contribution in [0.25, 0.3) is 0 Å². The third kappa shape index (κ3) is 2.62. The molecule has 3 fully saturated rings. The fourth-order valence-electron chi connectivity index (χ4n) is 4.27. The fourth-order valence-corrected chi connectivity index (χ4v) is 4.27. The second-order valence-electron chi connectivity index (χ2n) is 7.02. The summed E-state index contributed by atoms with van der Waals surface area (Å²) >= 11 is 0. The van der Waals surface area contributed by atoms with Crippen molar-refractivity contribution in [2.45, 2.75) is 56.5 Å². The lowest BCUT2D eigenvalue weighted by Crippen LogP contribution is -2.56. The summed E-state index contributed by atoms with van der Waals surface area (Å²) in [5.74, 6) is 0.736. The molecule has 0 unspecified atom stereocenters. The highest BCUT2D eigenvalue weighted by molar-refractivity contribution is 5.89. The summed E-state index contributed by atoms with van der Waals surface area (Å²) in [6.07, 6.45) is 9.24. The van der Waals surface area contributed by atoms with E-state index in [1.807, 2.05) is 22.1 Å². The first-order valence-electron chi connectivity index (χ1n) is 8.74. The predicted octanol–water partition coefficient (Wildman–Crippen LogP) is 1.94. The standard InChI is InChI=1S/C18H23N3O2/c22-17-6-2-1-5-15-7-8-16(21(15)17)18(23)20-11-14(12-20)13-4-3-9-19-10-13/h3-4,9-10,14-16H,1-2,5-8,11-12H2/t15-,16-/m0/s1. The van der Waals surface area contributed by atoms with E-state index in [0.29, 0.717) is 18.4 Å². The Kier molecular flexibility index (Phi) is 3.79. The molecule has 5 nitrogen and oxygen atoms in total. The Morgan fingerprint density at radius 3 is 2.83 bits per heavy atom. The Morgan fingerprint density at radius 2 is 2.04 bits per heavy atom. The van der Waals surface area contributed by atoms with Gasteiger partial charge in [0.25, 0.3) is 0 Å². The Balaban J connectivity index is 1.41. The number of hydrogen-bond acceptors (Lipinski definition) is 3. The van der Waals surface area contributed by atoms with E-state index < -0.39 is 0 Å². The second kappa shape index (κ2) is 5.95. The first-order valence-corrected chi connectivity index (χ1v) is 8.74. The molecule has 1 aromatic rings. The van der Waals surface area contributed by atoms with Gasteiger partial charge in [-0.15, -0.1) is 0 Å². The van der Waals surface area contributed by atoms with Crippen LogP contribution in [-0.2, 0) is 9.59 Å². The van der Waals surface area contributed by atoms with E-state index in [2.05, 4.69) is 11.1 Å². The quantitative estimate of drug-likeness (QED) is 0.838. The molecular formula is C18H23N3O2. The molecule has 0 aromatic carbocycles. The topological polar surface area (TPSA) is 53.5 Å². The third-order valence-electron chi connectivity index (χ3n) is 5.60. The van der Waals surface area contributed by atoms with E-state index >= 15 is 0 Å². The zero-order chi connectivity index (χ0) is 15.8. The van der Waals surface area contributed by atoms with Gasteiger partial charge in [0.1, 0.15) is 6.04 Å². The lowest BCUT2D eigenvalue weighted by molar-refractivity contribution is -0.148. The van der Waals surface area contributed by atoms with Gasteiger partial charge < -0.3 is 9.80 Å². The lowest BCUT2D eigenvalue weighted by atomic mass is 9.92. The van der Waals surface area contributed by atoms with Gasteiger partial charge in [-0.3, -0.25) is 14.6 Å². The van der Waals surface area contributed by atoms with Crippen molar-refractivity contribution in [2.24, 2.45) is 0 Å². The number of hydrogen-bond donors (Lipinski definition) is 0. The van der Waals surface area contributed by atoms with Crippen molar-refractivity contribution in [3.8, 4) is 0 Å². The van der Waals surface area contributed by atoms with Crippen molar-refractivity contribution in [3.63, 3.8) is 0 Å². The number of amides is 2. The van der Waals surface area contributed by atoms with Crippen LogP contribution in [-0.4, -0.2) is 51.8 Å². The minimum Gasteiger partial charge on any atom is -0.340 e. The van der Waals surface area contributed by atoms with Gasteiger partial charge in [0.15, 0.2) is 0 Å². The monoisotopic (exact) mass is 313 g/mol. The number of carbonyl (C=O) groups is 2. The van der Waals surface area contributed by atoms with Gasteiger partial charge in [-0.2, -0.15) is 0 Å². The summed E-state index contributed by atoms with van der Waals surface area (Å²) in [5, 5.41) is 0. The van der Waals surface area contributed by atoms with Gasteiger partial charge in [-0.25, -0.2) is 0 Å². The molecule has 3 saturated heterocycles. The summed E-state index contributed by atoms with van der Waals surface area (Å²) in [6.45, 7) is 1.52. The number of pyridine rings is 1. The number of rotatable bonds is 2. The van der Waals surface area contributed by atoms with Gasteiger partial charge in [0.05, 0.1) is 0 Å². The van der Waals surface area contributed by atoms with Crippen molar-refractivity contribution < 1.29 is 9.59 Å². The molecule has 2 atom stereocenters. The minimum absolute atomic E-state index is 0.155. The van der Waals surface area contributed by atoms with Crippen LogP contribution in [0, 0.1) is 0 Å². The molecule has 4 heterocycles. The van der Waals surface area contributed by atoms with Crippen molar-refractivity contribution in [1.82, 2.24) is 14.8 Å². The molecule has 0 N–H and O–H groups in total. The normalized spacial score (nSPS) is 28.3. The zero-order valence-corrected chi connectivity index (χ0v) is 13.4. The molecule has 0 aliphatic carbocycles. The Bertz CT molecular complexity index is 598. The largest absolute Gasteiger partial charge is 0.340 e. The first kappa shape index (κ1) is 14.7. The first-order chi connectivity index (χ1) is 11.2. The number of fused-ring (bicyclic) bond motifs is 1. The number of nitrogens with zero attached hydrogens (tertiary/aromatic N) is 3. The van der Waals surface area contributed by atoms with Gasteiger partial charge in [0.2, 0.25) is 11.8 Å². The SMILES string of the molecule is O=C([C@@H]1CC[C@@H]2CCCCC(=O)N21)N1CC(c2cccnc2)C1. The number of aromatic nitrogens is 1. The molecule has 4 rings (SSSR count). The average molecular weight is 313 g/mol. The predicted molar refractivity (Wildman–Crippen MR) is 85.7 cm³/mol. The Hall–Kier alpha value is -1.91. The zero-order valence-electron chi connectivity index (χ0n) is 13.4. The van der Waals surface area contributed by atoms with E-state index in [1.165, 1.54) is 5.56 Å². The van der Waals surface area contributed by atoms with Crippen LogP contribution in [0.2, 0.25) is 0 Å². The molecule has 0 saturated carbocycles. The molecule has 122 valence electrons. The van der Waals surface area contributed by atoms with E-state index in [0.717, 1.165) is 45.2 Å². The highest BCUT2D eigenvalue weighted by atomic mass is 16.2. The maximum Gasteiger partial charge on any atom is 0.245 e.